The van der Waals surface area contributed by atoms with Crippen LogP contribution in [-0.2, 0) is 6.54 Å². The van der Waals surface area contributed by atoms with Gasteiger partial charge in [-0.25, -0.2) is 0 Å². The molecule has 10 nitrogen and oxygen atoms in total. The van der Waals surface area contributed by atoms with Crippen molar-refractivity contribution in [1.82, 2.24) is 20.2 Å². The quantitative estimate of drug-likeness (QED) is 0.338. The number of imidazole rings is 1. The van der Waals surface area contributed by atoms with Gasteiger partial charge >= 0.3 is 0 Å². The number of carbonyl (C=O) groups is 2. The number of amides is 2. The second-order valence-corrected chi connectivity index (χ2v) is 8.35. The molecule has 2 amide bonds. The van der Waals surface area contributed by atoms with Crippen LogP contribution in [0.3, 0.4) is 0 Å². The highest BCUT2D eigenvalue weighted by atomic mass is 16.2. The number of aromatic nitrogens is 2. The summed E-state index contributed by atoms with van der Waals surface area (Å²) in [6.45, 7) is 5.62. The summed E-state index contributed by atoms with van der Waals surface area (Å²) in [7, 11) is 3.32. The lowest BCUT2D eigenvalue weighted by Gasteiger charge is -2.31. The molecule has 3 rings (SSSR count). The predicted molar refractivity (Wildman–Crippen MR) is 140 cm³/mol. The van der Waals surface area contributed by atoms with Gasteiger partial charge in [0.1, 0.15) is 0 Å². The van der Waals surface area contributed by atoms with Crippen molar-refractivity contribution in [1.29, 1.82) is 0 Å². The van der Waals surface area contributed by atoms with Crippen molar-refractivity contribution in [3.05, 3.63) is 35.5 Å². The number of nitrogens with zero attached hydrogens (tertiary/aromatic N) is 4. The maximum Gasteiger partial charge on any atom is 0.272 e. The summed E-state index contributed by atoms with van der Waals surface area (Å²) in [6.07, 6.45) is 1.94. The maximum atomic E-state index is 13.3. The van der Waals surface area contributed by atoms with Gasteiger partial charge in [0.05, 0.1) is 24.3 Å². The van der Waals surface area contributed by atoms with Gasteiger partial charge in [0.2, 0.25) is 5.95 Å². The van der Waals surface area contributed by atoms with E-state index in [2.05, 4.69) is 37.7 Å². The Morgan fingerprint density at radius 1 is 1.26 bits per heavy atom. The average Bonchev–Trinajstić information content (AvgIpc) is 3.24. The minimum absolute atomic E-state index is 0.0676. The van der Waals surface area contributed by atoms with E-state index in [1.807, 2.05) is 10.6 Å². The molecule has 2 aromatic rings. The number of piperidine rings is 1. The third-order valence-electron chi connectivity index (χ3n) is 5.75. The number of nitrogens with two attached hydrogens (primary N) is 1. The number of hydrogen-bond acceptors (Lipinski definition) is 7. The molecule has 1 fully saturated rings. The van der Waals surface area contributed by atoms with Crippen LogP contribution < -0.4 is 26.6 Å². The first-order valence-electron chi connectivity index (χ1n) is 11.7. The number of hydrogen-bond donors (Lipinski definition) is 4. The fourth-order valence-corrected chi connectivity index (χ4v) is 4.02. The van der Waals surface area contributed by atoms with E-state index in [1.54, 1.807) is 46.1 Å². The molecule has 10 heteroatoms. The molecule has 0 bridgehead atoms. The monoisotopic (exact) mass is 478 g/mol. The van der Waals surface area contributed by atoms with Gasteiger partial charge in [-0.1, -0.05) is 18.1 Å². The van der Waals surface area contributed by atoms with Crippen LogP contribution in [0.2, 0.25) is 0 Å². The summed E-state index contributed by atoms with van der Waals surface area (Å²) in [5, 5.41) is 8.60. The highest BCUT2D eigenvalue weighted by Gasteiger charge is 2.27. The maximum absolute atomic E-state index is 13.3. The van der Waals surface area contributed by atoms with Gasteiger partial charge in [0, 0.05) is 38.9 Å². The molecule has 0 aliphatic carbocycles. The molecular weight excluding hydrogens is 444 g/mol. The molecular formula is C25H34N8O2. The number of para-hydroxylation sites is 1. The molecule has 1 aromatic heterocycles. The van der Waals surface area contributed by atoms with Crippen molar-refractivity contribution < 1.29 is 9.59 Å². The van der Waals surface area contributed by atoms with Gasteiger partial charge < -0.3 is 26.6 Å². The zero-order chi connectivity index (χ0) is 25.4. The van der Waals surface area contributed by atoms with E-state index < -0.39 is 0 Å². The Morgan fingerprint density at radius 2 is 2.03 bits per heavy atom. The van der Waals surface area contributed by atoms with Crippen LogP contribution in [0.15, 0.2) is 29.3 Å². The van der Waals surface area contributed by atoms with E-state index in [4.69, 9.17) is 10.7 Å². The summed E-state index contributed by atoms with van der Waals surface area (Å²) >= 11 is 0. The summed E-state index contributed by atoms with van der Waals surface area (Å²) in [6, 6.07) is 7.15. The molecule has 0 saturated carbocycles. The molecule has 1 unspecified atom stereocenters. The van der Waals surface area contributed by atoms with Crippen LogP contribution in [0.1, 0.15) is 47.5 Å². The van der Waals surface area contributed by atoms with E-state index in [0.29, 0.717) is 47.5 Å². The first kappa shape index (κ1) is 25.8. The Labute approximate surface area is 206 Å². The van der Waals surface area contributed by atoms with Gasteiger partial charge in [-0.2, -0.15) is 4.98 Å². The van der Waals surface area contributed by atoms with Crippen LogP contribution in [0, 0.1) is 11.8 Å². The molecule has 1 aliphatic rings. The molecule has 1 aliphatic heterocycles. The van der Waals surface area contributed by atoms with Crippen molar-refractivity contribution in [2.45, 2.75) is 39.3 Å². The number of carbonyl (C=O) groups excluding carboxylic acids is 2. The van der Waals surface area contributed by atoms with Gasteiger partial charge in [0.15, 0.2) is 11.5 Å². The van der Waals surface area contributed by atoms with Gasteiger partial charge in [0.25, 0.3) is 11.8 Å². The summed E-state index contributed by atoms with van der Waals surface area (Å²) < 4.78 is 1.84. The van der Waals surface area contributed by atoms with Gasteiger partial charge in [-0.05, 0) is 38.8 Å². The van der Waals surface area contributed by atoms with Gasteiger partial charge in [-0.3, -0.25) is 19.1 Å². The summed E-state index contributed by atoms with van der Waals surface area (Å²) in [5.74, 6) is 6.61. The molecule has 1 atom stereocenters. The fourth-order valence-electron chi connectivity index (χ4n) is 4.02. The SMILES string of the molecule is CC#CCn1c(N2CCCC(N)C2)nc(NC)c1C(=O)NCC(C)=Nc1ccccc1C(=O)NC. The van der Waals surface area contributed by atoms with Crippen LogP contribution in [-0.4, -0.2) is 66.8 Å². The van der Waals surface area contributed by atoms with E-state index in [0.717, 1.165) is 19.4 Å². The minimum Gasteiger partial charge on any atom is -0.371 e. The lowest BCUT2D eigenvalue weighted by molar-refractivity contribution is 0.0947. The Hall–Kier alpha value is -3.84. The second kappa shape index (κ2) is 12.0. The smallest absolute Gasteiger partial charge is 0.272 e. The predicted octanol–water partition coefficient (Wildman–Crippen LogP) is 1.76. The van der Waals surface area contributed by atoms with Crippen LogP contribution >= 0.6 is 0 Å². The third-order valence-corrected chi connectivity index (χ3v) is 5.75. The summed E-state index contributed by atoms with van der Waals surface area (Å²) in [4.78, 5) is 36.8. The second-order valence-electron chi connectivity index (χ2n) is 8.35. The first-order valence-corrected chi connectivity index (χ1v) is 11.7. The first-order chi connectivity index (χ1) is 16.9. The summed E-state index contributed by atoms with van der Waals surface area (Å²) in [5.41, 5.74) is 8.27. The molecule has 0 spiro atoms. The Bertz CT molecular complexity index is 1160. The number of benzene rings is 1. The van der Waals surface area contributed by atoms with Crippen LogP contribution in [0.5, 0.6) is 0 Å². The normalized spacial score (nSPS) is 15.7. The standard InChI is InChI=1S/C25H34N8O2/c1-5-6-14-33-21(22(27-3)31-25(33)32-13-9-10-18(26)16-32)24(35)29-15-17(2)30-20-12-8-7-11-19(20)23(34)28-4/h7-8,11-12,18,27H,9-10,13-16,26H2,1-4H3,(H,28,34)(H,29,35). The van der Waals surface area contributed by atoms with Crippen molar-refractivity contribution in [3.8, 4) is 11.8 Å². The fraction of sp³-hybridized carbons (Fsp3) is 0.440. The zero-order valence-electron chi connectivity index (χ0n) is 20.8. The lowest BCUT2D eigenvalue weighted by Crippen LogP contribution is -2.44. The lowest BCUT2D eigenvalue weighted by atomic mass is 10.1. The van der Waals surface area contributed by atoms with E-state index in [1.165, 1.54) is 0 Å². The molecule has 1 aromatic carbocycles. The highest BCUT2D eigenvalue weighted by Crippen LogP contribution is 2.26. The number of nitrogens with one attached hydrogen (secondary N) is 3. The minimum atomic E-state index is -0.290. The van der Waals surface area contributed by atoms with Crippen molar-refractivity contribution >= 4 is 35.0 Å². The van der Waals surface area contributed by atoms with E-state index >= 15 is 0 Å². The van der Waals surface area contributed by atoms with Crippen molar-refractivity contribution in [2.75, 3.05) is 43.9 Å². The molecule has 186 valence electrons. The van der Waals surface area contributed by atoms with Crippen molar-refractivity contribution in [2.24, 2.45) is 10.7 Å². The van der Waals surface area contributed by atoms with Gasteiger partial charge in [-0.15, -0.1) is 5.92 Å². The van der Waals surface area contributed by atoms with Crippen LogP contribution in [0.25, 0.3) is 0 Å². The number of aliphatic imine (C=N–C) groups is 1. The zero-order valence-corrected chi connectivity index (χ0v) is 20.8. The molecule has 5 N–H and O–H groups in total. The van der Waals surface area contributed by atoms with Crippen LogP contribution in [0.4, 0.5) is 17.5 Å². The third kappa shape index (κ3) is 6.19. The molecule has 0 radical (unpaired) electrons. The average molecular weight is 479 g/mol. The molecule has 2 heterocycles. The number of rotatable bonds is 8. The largest absolute Gasteiger partial charge is 0.371 e. The van der Waals surface area contributed by atoms with Crippen molar-refractivity contribution in [3.63, 3.8) is 0 Å². The topological polar surface area (TPSA) is 130 Å². The highest BCUT2D eigenvalue weighted by molar-refractivity contribution is 6.02. The molecule has 1 saturated heterocycles. The van der Waals surface area contributed by atoms with E-state index in [-0.39, 0.29) is 24.4 Å². The Kier molecular flexibility index (Phi) is 8.86. The Balaban J connectivity index is 1.85. The molecule has 35 heavy (non-hydrogen) atoms. The Morgan fingerprint density at radius 3 is 2.71 bits per heavy atom. The van der Waals surface area contributed by atoms with E-state index in [9.17, 15) is 9.59 Å². The number of anilines is 2.